The predicted molar refractivity (Wildman–Crippen MR) is 97.7 cm³/mol. The highest BCUT2D eigenvalue weighted by Gasteiger charge is 2.17. The van der Waals surface area contributed by atoms with Crippen molar-refractivity contribution >= 4 is 17.5 Å². The molecule has 0 radical (unpaired) electrons. The minimum Gasteiger partial charge on any atom is -0.451 e. The third kappa shape index (κ3) is 4.08. The van der Waals surface area contributed by atoms with Crippen LogP contribution in [-0.4, -0.2) is 39.3 Å². The molecule has 0 aliphatic carbocycles. The lowest BCUT2D eigenvalue weighted by Gasteiger charge is -2.20. The van der Waals surface area contributed by atoms with E-state index in [4.69, 9.17) is 4.74 Å². The van der Waals surface area contributed by atoms with Crippen LogP contribution in [0.25, 0.3) is 5.65 Å². The van der Waals surface area contributed by atoms with E-state index in [0.29, 0.717) is 18.7 Å². The molecular formula is C20H21N3O3. The lowest BCUT2D eigenvalue weighted by Crippen LogP contribution is -2.34. The Morgan fingerprint density at radius 3 is 2.69 bits per heavy atom. The average Bonchev–Trinajstić information content (AvgIpc) is 3.08. The number of nitrogens with zero attached hydrogens (tertiary/aromatic N) is 3. The molecule has 0 unspecified atom stereocenters. The summed E-state index contributed by atoms with van der Waals surface area (Å²) in [6, 6.07) is 13.5. The maximum absolute atomic E-state index is 12.4. The quantitative estimate of drug-likeness (QED) is 0.641. The maximum atomic E-state index is 12.4. The zero-order chi connectivity index (χ0) is 18.5. The maximum Gasteiger partial charge on any atom is 0.359 e. The second kappa shape index (κ2) is 7.82. The second-order valence-corrected chi connectivity index (χ2v) is 6.07. The van der Waals surface area contributed by atoms with E-state index in [9.17, 15) is 9.59 Å². The van der Waals surface area contributed by atoms with Crippen LogP contribution < -0.4 is 0 Å². The molecule has 3 aromatic rings. The lowest BCUT2D eigenvalue weighted by atomic mass is 10.2. The standard InChI is InChI=1S/C20H21N3O3/c1-3-22(12-16-7-5-4-6-8-16)19(24)14-26-20(25)17-13-23-10-9-15(2)11-18(23)21-17/h4-11,13H,3,12,14H2,1-2H3. The summed E-state index contributed by atoms with van der Waals surface area (Å²) in [6.45, 7) is 4.58. The van der Waals surface area contributed by atoms with Gasteiger partial charge >= 0.3 is 5.97 Å². The predicted octanol–water partition coefficient (Wildman–Crippen LogP) is 2.85. The number of aryl methyl sites for hydroxylation is 1. The number of hydrogen-bond donors (Lipinski definition) is 0. The van der Waals surface area contributed by atoms with Crippen LogP contribution in [0.4, 0.5) is 0 Å². The summed E-state index contributed by atoms with van der Waals surface area (Å²) in [7, 11) is 0. The monoisotopic (exact) mass is 351 g/mol. The number of pyridine rings is 1. The van der Waals surface area contributed by atoms with Crippen LogP contribution in [0.5, 0.6) is 0 Å². The Labute approximate surface area is 152 Å². The zero-order valence-electron chi connectivity index (χ0n) is 14.9. The van der Waals surface area contributed by atoms with Gasteiger partial charge in [0.1, 0.15) is 5.65 Å². The van der Waals surface area contributed by atoms with Gasteiger partial charge in [-0.1, -0.05) is 30.3 Å². The van der Waals surface area contributed by atoms with E-state index in [0.717, 1.165) is 11.1 Å². The molecule has 2 aromatic heterocycles. The van der Waals surface area contributed by atoms with Crippen molar-refractivity contribution in [2.45, 2.75) is 20.4 Å². The summed E-state index contributed by atoms with van der Waals surface area (Å²) in [5.41, 5.74) is 2.94. The first-order chi connectivity index (χ1) is 12.6. The molecule has 6 heteroatoms. The van der Waals surface area contributed by atoms with Crippen LogP contribution in [0.2, 0.25) is 0 Å². The fourth-order valence-corrected chi connectivity index (χ4v) is 2.65. The molecule has 26 heavy (non-hydrogen) atoms. The van der Waals surface area contributed by atoms with Gasteiger partial charge in [0, 0.05) is 25.5 Å². The summed E-state index contributed by atoms with van der Waals surface area (Å²) in [4.78, 5) is 30.5. The van der Waals surface area contributed by atoms with Crippen molar-refractivity contribution in [1.29, 1.82) is 0 Å². The molecule has 1 amide bonds. The molecule has 0 fully saturated rings. The molecular weight excluding hydrogens is 330 g/mol. The number of amides is 1. The third-order valence-electron chi connectivity index (χ3n) is 4.10. The molecule has 6 nitrogen and oxygen atoms in total. The molecule has 0 N–H and O–H groups in total. The van der Waals surface area contributed by atoms with E-state index in [1.54, 1.807) is 15.5 Å². The van der Waals surface area contributed by atoms with Gasteiger partial charge in [0.2, 0.25) is 0 Å². The summed E-state index contributed by atoms with van der Waals surface area (Å²) in [5.74, 6) is -0.834. The normalized spacial score (nSPS) is 10.7. The number of ether oxygens (including phenoxy) is 1. The summed E-state index contributed by atoms with van der Waals surface area (Å²) < 4.78 is 6.91. The lowest BCUT2D eigenvalue weighted by molar-refractivity contribution is -0.134. The highest BCUT2D eigenvalue weighted by atomic mass is 16.5. The molecule has 0 saturated carbocycles. The Balaban J connectivity index is 1.60. The Hall–Kier alpha value is -3.15. The van der Waals surface area contributed by atoms with Gasteiger partial charge < -0.3 is 14.0 Å². The fourth-order valence-electron chi connectivity index (χ4n) is 2.65. The zero-order valence-corrected chi connectivity index (χ0v) is 14.9. The van der Waals surface area contributed by atoms with Crippen LogP contribution in [0.15, 0.2) is 54.9 Å². The van der Waals surface area contributed by atoms with Gasteiger partial charge in [0.15, 0.2) is 12.3 Å². The summed E-state index contributed by atoms with van der Waals surface area (Å²) >= 11 is 0. The molecule has 3 rings (SSSR count). The van der Waals surface area contributed by atoms with Crippen LogP contribution >= 0.6 is 0 Å². The van der Waals surface area contributed by atoms with Gasteiger partial charge in [0.25, 0.3) is 5.91 Å². The van der Waals surface area contributed by atoms with Crippen molar-refractivity contribution in [3.63, 3.8) is 0 Å². The molecule has 0 atom stereocenters. The van der Waals surface area contributed by atoms with Gasteiger partial charge in [-0.15, -0.1) is 0 Å². The van der Waals surface area contributed by atoms with E-state index < -0.39 is 5.97 Å². The van der Waals surface area contributed by atoms with Gasteiger partial charge in [-0.2, -0.15) is 0 Å². The van der Waals surface area contributed by atoms with Gasteiger partial charge in [-0.3, -0.25) is 4.79 Å². The molecule has 0 aliphatic heterocycles. The fraction of sp³-hybridized carbons (Fsp3) is 0.250. The number of benzene rings is 1. The van der Waals surface area contributed by atoms with Crippen molar-refractivity contribution in [2.24, 2.45) is 0 Å². The van der Waals surface area contributed by atoms with Gasteiger partial charge in [-0.25, -0.2) is 9.78 Å². The summed E-state index contributed by atoms with van der Waals surface area (Å²) in [6.07, 6.45) is 3.43. The molecule has 0 saturated heterocycles. The van der Waals surface area contributed by atoms with Crippen LogP contribution in [0.1, 0.15) is 28.5 Å². The van der Waals surface area contributed by atoms with Crippen molar-refractivity contribution in [3.05, 3.63) is 71.7 Å². The minimum absolute atomic E-state index is 0.189. The van der Waals surface area contributed by atoms with E-state index in [2.05, 4.69) is 4.98 Å². The Morgan fingerprint density at radius 1 is 1.19 bits per heavy atom. The van der Waals surface area contributed by atoms with E-state index >= 15 is 0 Å². The van der Waals surface area contributed by atoms with Crippen molar-refractivity contribution < 1.29 is 14.3 Å². The van der Waals surface area contributed by atoms with E-state index in [1.807, 2.05) is 62.5 Å². The number of carbonyl (C=O) groups excluding carboxylic acids is 2. The van der Waals surface area contributed by atoms with E-state index in [-0.39, 0.29) is 18.2 Å². The first kappa shape index (κ1) is 17.7. The number of likely N-dealkylation sites (N-methyl/N-ethyl adjacent to an activating group) is 1. The number of carbonyl (C=O) groups is 2. The number of rotatable bonds is 6. The molecule has 0 bridgehead atoms. The number of aromatic nitrogens is 2. The summed E-state index contributed by atoms with van der Waals surface area (Å²) in [5, 5.41) is 0. The topological polar surface area (TPSA) is 63.9 Å². The average molecular weight is 351 g/mol. The molecule has 2 heterocycles. The molecule has 1 aromatic carbocycles. The number of esters is 1. The van der Waals surface area contributed by atoms with E-state index in [1.165, 1.54) is 0 Å². The first-order valence-corrected chi connectivity index (χ1v) is 8.51. The minimum atomic E-state index is -0.601. The Kier molecular flexibility index (Phi) is 5.31. The van der Waals surface area contributed by atoms with Crippen molar-refractivity contribution in [3.8, 4) is 0 Å². The highest BCUT2D eigenvalue weighted by molar-refractivity contribution is 5.90. The third-order valence-corrected chi connectivity index (χ3v) is 4.10. The number of hydrogen-bond acceptors (Lipinski definition) is 4. The largest absolute Gasteiger partial charge is 0.451 e. The Bertz CT molecular complexity index is 918. The second-order valence-electron chi connectivity index (χ2n) is 6.07. The first-order valence-electron chi connectivity index (χ1n) is 8.51. The van der Waals surface area contributed by atoms with Crippen molar-refractivity contribution in [2.75, 3.05) is 13.2 Å². The van der Waals surface area contributed by atoms with Gasteiger partial charge in [-0.05, 0) is 37.1 Å². The Morgan fingerprint density at radius 2 is 1.96 bits per heavy atom. The molecule has 0 aliphatic rings. The SMILES string of the molecule is CCN(Cc1ccccc1)C(=O)COC(=O)c1cn2ccc(C)cc2n1. The number of fused-ring (bicyclic) bond motifs is 1. The van der Waals surface area contributed by atoms with Gasteiger partial charge in [0.05, 0.1) is 0 Å². The highest BCUT2D eigenvalue weighted by Crippen LogP contribution is 2.09. The molecule has 134 valence electrons. The number of imidazole rings is 1. The van der Waals surface area contributed by atoms with Crippen molar-refractivity contribution in [1.82, 2.24) is 14.3 Å². The smallest absolute Gasteiger partial charge is 0.359 e. The van der Waals surface area contributed by atoms with Crippen LogP contribution in [0.3, 0.4) is 0 Å². The van der Waals surface area contributed by atoms with Crippen LogP contribution in [0, 0.1) is 6.92 Å². The molecule has 0 spiro atoms. The van der Waals surface area contributed by atoms with Crippen LogP contribution in [-0.2, 0) is 16.1 Å².